The van der Waals surface area contributed by atoms with Gasteiger partial charge in [-0.15, -0.1) is 0 Å². The van der Waals surface area contributed by atoms with Crippen LogP contribution in [0.25, 0.3) is 0 Å². The first-order chi connectivity index (χ1) is 13.3. The minimum atomic E-state index is -4.51. The largest absolute Gasteiger partial charge is 0.416 e. The summed E-state index contributed by atoms with van der Waals surface area (Å²) in [5.74, 6) is -1.23. The molecule has 0 saturated carbocycles. The van der Waals surface area contributed by atoms with Crippen molar-refractivity contribution in [2.24, 2.45) is 5.16 Å². The number of carbonyl (C=O) groups excluding carboxylic acids is 2. The molecule has 0 aromatic heterocycles. The van der Waals surface area contributed by atoms with Crippen LogP contribution < -0.4 is 10.6 Å². The van der Waals surface area contributed by atoms with Gasteiger partial charge >= 0.3 is 6.18 Å². The summed E-state index contributed by atoms with van der Waals surface area (Å²) < 4.78 is 37.9. The van der Waals surface area contributed by atoms with E-state index in [1.807, 2.05) is 30.3 Å². The highest BCUT2D eigenvalue weighted by Gasteiger charge is 2.30. The molecule has 2 aromatic carbocycles. The number of alkyl halides is 3. The van der Waals surface area contributed by atoms with Crippen molar-refractivity contribution in [3.8, 4) is 0 Å². The Morgan fingerprint density at radius 1 is 1.14 bits per heavy atom. The molecule has 2 amide bonds. The van der Waals surface area contributed by atoms with Gasteiger partial charge in [0.25, 0.3) is 11.8 Å². The van der Waals surface area contributed by atoms with E-state index in [1.165, 1.54) is 12.1 Å². The second kappa shape index (κ2) is 9.54. The fraction of sp³-hybridized carbons (Fsp3) is 0.211. The van der Waals surface area contributed by atoms with Crippen molar-refractivity contribution in [3.63, 3.8) is 0 Å². The van der Waals surface area contributed by atoms with E-state index in [0.29, 0.717) is 0 Å². The standard InChI is InChI=1S/C19H18F3N3O3/c1-13(14-6-3-2-4-7-14)24-18(27)12-28-23-11-17(26)25-16-9-5-8-15(10-16)19(20,21)22/h2-11,13H,12H2,1H3,(H,24,27)(H,25,26)/b23-11+. The number of hydrogen-bond donors (Lipinski definition) is 2. The van der Waals surface area contributed by atoms with E-state index in [0.717, 1.165) is 23.9 Å². The van der Waals surface area contributed by atoms with Crippen molar-refractivity contribution in [3.05, 3.63) is 65.7 Å². The molecule has 0 bridgehead atoms. The van der Waals surface area contributed by atoms with Gasteiger partial charge in [0, 0.05) is 5.69 Å². The van der Waals surface area contributed by atoms with Gasteiger partial charge in [-0.05, 0) is 30.7 Å². The predicted octanol–water partition coefficient (Wildman–Crippen LogP) is 3.52. The summed E-state index contributed by atoms with van der Waals surface area (Å²) in [5.41, 5.74) is -0.0109. The van der Waals surface area contributed by atoms with E-state index in [-0.39, 0.29) is 11.7 Å². The SMILES string of the molecule is CC(NC(=O)CO/N=C/C(=O)Nc1cccc(C(F)(F)F)c1)c1ccccc1. The minimum Gasteiger partial charge on any atom is -0.386 e. The number of nitrogens with one attached hydrogen (secondary N) is 2. The van der Waals surface area contributed by atoms with Crippen molar-refractivity contribution < 1.29 is 27.6 Å². The molecule has 9 heteroatoms. The van der Waals surface area contributed by atoms with E-state index in [9.17, 15) is 22.8 Å². The lowest BCUT2D eigenvalue weighted by Gasteiger charge is -2.13. The van der Waals surface area contributed by atoms with Crippen molar-refractivity contribution >= 4 is 23.7 Å². The highest BCUT2D eigenvalue weighted by atomic mass is 19.4. The first-order valence-corrected chi connectivity index (χ1v) is 8.23. The highest BCUT2D eigenvalue weighted by molar-refractivity contribution is 6.31. The first-order valence-electron chi connectivity index (χ1n) is 8.23. The number of carbonyl (C=O) groups is 2. The lowest BCUT2D eigenvalue weighted by molar-refractivity contribution is -0.137. The molecule has 2 N–H and O–H groups in total. The summed E-state index contributed by atoms with van der Waals surface area (Å²) >= 11 is 0. The Morgan fingerprint density at radius 2 is 1.86 bits per heavy atom. The topological polar surface area (TPSA) is 79.8 Å². The lowest BCUT2D eigenvalue weighted by atomic mass is 10.1. The van der Waals surface area contributed by atoms with Crippen LogP contribution in [0.4, 0.5) is 18.9 Å². The molecule has 0 radical (unpaired) electrons. The number of hydrogen-bond acceptors (Lipinski definition) is 4. The molecule has 0 aliphatic heterocycles. The summed E-state index contributed by atoms with van der Waals surface area (Å²) in [6, 6.07) is 13.2. The van der Waals surface area contributed by atoms with Crippen LogP contribution in [0.15, 0.2) is 59.8 Å². The normalized spacial score (nSPS) is 12.4. The molecule has 0 fully saturated rings. The van der Waals surface area contributed by atoms with Crippen LogP contribution in [0.3, 0.4) is 0 Å². The van der Waals surface area contributed by atoms with Crippen molar-refractivity contribution in [2.45, 2.75) is 19.1 Å². The Kier molecular flexibility index (Phi) is 7.14. The first kappa shape index (κ1) is 20.9. The predicted molar refractivity (Wildman–Crippen MR) is 97.5 cm³/mol. The van der Waals surface area contributed by atoms with Gasteiger partial charge in [0.05, 0.1) is 11.6 Å². The number of benzene rings is 2. The maximum absolute atomic E-state index is 12.6. The summed E-state index contributed by atoms with van der Waals surface area (Å²) in [4.78, 5) is 28.2. The van der Waals surface area contributed by atoms with Crippen LogP contribution >= 0.6 is 0 Å². The Bertz CT molecular complexity index is 839. The summed E-state index contributed by atoms with van der Waals surface area (Å²) in [7, 11) is 0. The van der Waals surface area contributed by atoms with Gasteiger partial charge in [0.2, 0.25) is 0 Å². The molecule has 0 spiro atoms. The zero-order valence-corrected chi connectivity index (χ0v) is 14.9. The third kappa shape index (κ3) is 6.75. The van der Waals surface area contributed by atoms with E-state index >= 15 is 0 Å². The van der Waals surface area contributed by atoms with Gasteiger partial charge in [-0.25, -0.2) is 0 Å². The van der Waals surface area contributed by atoms with Crippen LogP contribution in [-0.4, -0.2) is 24.6 Å². The van der Waals surface area contributed by atoms with Gasteiger partial charge in [-0.3, -0.25) is 9.59 Å². The van der Waals surface area contributed by atoms with Gasteiger partial charge in [-0.2, -0.15) is 13.2 Å². The molecule has 1 unspecified atom stereocenters. The molecule has 148 valence electrons. The zero-order valence-electron chi connectivity index (χ0n) is 14.9. The van der Waals surface area contributed by atoms with Crippen molar-refractivity contribution in [1.82, 2.24) is 5.32 Å². The summed E-state index contributed by atoms with van der Waals surface area (Å²) in [6.45, 7) is 1.39. The fourth-order valence-electron chi connectivity index (χ4n) is 2.24. The number of rotatable bonds is 7. The number of halogens is 3. The van der Waals surface area contributed by atoms with Gasteiger partial charge < -0.3 is 15.5 Å². The van der Waals surface area contributed by atoms with Gasteiger partial charge in [0.15, 0.2) is 6.61 Å². The highest BCUT2D eigenvalue weighted by Crippen LogP contribution is 2.30. The average molecular weight is 393 g/mol. The van der Waals surface area contributed by atoms with Crippen LogP contribution in [0.2, 0.25) is 0 Å². The van der Waals surface area contributed by atoms with Gasteiger partial charge in [-0.1, -0.05) is 41.6 Å². The van der Waals surface area contributed by atoms with Gasteiger partial charge in [0.1, 0.15) is 6.21 Å². The van der Waals surface area contributed by atoms with Crippen LogP contribution in [0.5, 0.6) is 0 Å². The summed E-state index contributed by atoms with van der Waals surface area (Å²) in [5, 5.41) is 8.27. The number of oxime groups is 1. The molecule has 2 aromatic rings. The van der Waals surface area contributed by atoms with E-state index in [4.69, 9.17) is 4.84 Å². The number of amides is 2. The fourth-order valence-corrected chi connectivity index (χ4v) is 2.24. The number of anilines is 1. The third-order valence-electron chi connectivity index (χ3n) is 3.57. The Morgan fingerprint density at radius 3 is 2.54 bits per heavy atom. The molecule has 6 nitrogen and oxygen atoms in total. The van der Waals surface area contributed by atoms with Crippen molar-refractivity contribution in [1.29, 1.82) is 0 Å². The second-order valence-electron chi connectivity index (χ2n) is 5.78. The van der Waals surface area contributed by atoms with E-state index < -0.39 is 30.2 Å². The maximum atomic E-state index is 12.6. The second-order valence-corrected chi connectivity index (χ2v) is 5.78. The molecular formula is C19H18F3N3O3. The number of nitrogens with zero attached hydrogens (tertiary/aromatic N) is 1. The monoisotopic (exact) mass is 393 g/mol. The molecule has 0 heterocycles. The van der Waals surface area contributed by atoms with Crippen LogP contribution in [0, 0.1) is 0 Å². The molecule has 1 atom stereocenters. The quantitative estimate of drug-likeness (QED) is 0.558. The molecule has 0 saturated heterocycles. The van der Waals surface area contributed by atoms with Crippen molar-refractivity contribution in [2.75, 3.05) is 11.9 Å². The molecule has 0 aliphatic rings. The zero-order chi connectivity index (χ0) is 20.6. The van der Waals surface area contributed by atoms with Crippen LogP contribution in [-0.2, 0) is 20.6 Å². The summed E-state index contributed by atoms with van der Waals surface area (Å²) in [6.07, 6.45) is -3.78. The molecule has 0 aliphatic carbocycles. The third-order valence-corrected chi connectivity index (χ3v) is 3.57. The average Bonchev–Trinajstić information content (AvgIpc) is 2.65. The Balaban J connectivity index is 1.77. The van der Waals surface area contributed by atoms with E-state index in [2.05, 4.69) is 15.8 Å². The Hall–Kier alpha value is -3.36. The maximum Gasteiger partial charge on any atom is 0.416 e. The lowest BCUT2D eigenvalue weighted by Crippen LogP contribution is -2.29. The molecular weight excluding hydrogens is 375 g/mol. The molecule has 2 rings (SSSR count). The van der Waals surface area contributed by atoms with Crippen LogP contribution in [0.1, 0.15) is 24.1 Å². The molecule has 28 heavy (non-hydrogen) atoms. The smallest absolute Gasteiger partial charge is 0.386 e. The minimum absolute atomic E-state index is 0.0410. The van der Waals surface area contributed by atoms with E-state index in [1.54, 1.807) is 6.92 Å². The Labute approximate surface area is 159 Å².